The summed E-state index contributed by atoms with van der Waals surface area (Å²) in [5, 5.41) is 33.2. The summed E-state index contributed by atoms with van der Waals surface area (Å²) in [6, 6.07) is 5.90. The van der Waals surface area contributed by atoms with Crippen LogP contribution in [0.15, 0.2) is 30.3 Å². The molecule has 0 aliphatic carbocycles. The van der Waals surface area contributed by atoms with Crippen molar-refractivity contribution in [3.05, 3.63) is 30.3 Å². The van der Waals surface area contributed by atoms with Crippen LogP contribution in [0.5, 0.6) is 5.75 Å². The number of nitrogens with one attached hydrogen (secondary N) is 1. The number of rotatable bonds is 9. The van der Waals surface area contributed by atoms with Crippen LogP contribution in [0.1, 0.15) is 26.7 Å². The summed E-state index contributed by atoms with van der Waals surface area (Å²) >= 11 is 0. The average molecular weight is 502 g/mol. The predicted molar refractivity (Wildman–Crippen MR) is 117 cm³/mol. The van der Waals surface area contributed by atoms with Gasteiger partial charge in [0.1, 0.15) is 36.1 Å². The predicted octanol–water partition coefficient (Wildman–Crippen LogP) is 0.161. The lowest BCUT2D eigenvalue weighted by molar-refractivity contribution is -0.250. The molecule has 2 fully saturated rings. The third kappa shape index (κ3) is 5.95. The summed E-state index contributed by atoms with van der Waals surface area (Å²) in [6.07, 6.45) is -5.19. The van der Waals surface area contributed by atoms with Gasteiger partial charge in [0.05, 0.1) is 13.2 Å². The maximum absolute atomic E-state index is 14.3. The lowest BCUT2D eigenvalue weighted by Crippen LogP contribution is -2.64. The van der Waals surface area contributed by atoms with E-state index in [4.69, 9.17) is 18.5 Å². The van der Waals surface area contributed by atoms with Crippen molar-refractivity contribution in [2.45, 2.75) is 63.4 Å². The van der Waals surface area contributed by atoms with E-state index in [0.717, 1.165) is 0 Å². The number of aliphatic hydroxyl groups is 3. The van der Waals surface area contributed by atoms with E-state index in [1.807, 2.05) is 0 Å². The number of aliphatic hydroxyl groups excluding tert-OH is 3. The summed E-state index contributed by atoms with van der Waals surface area (Å²) in [5.41, 5.74) is 0. The Morgan fingerprint density at radius 3 is 2.59 bits per heavy atom. The van der Waals surface area contributed by atoms with Crippen molar-refractivity contribution in [2.24, 2.45) is 0 Å². The zero-order valence-corrected chi connectivity index (χ0v) is 19.9. The maximum Gasteiger partial charge on any atom is 0.462 e. The number of hydrogen-bond donors (Lipinski definition) is 4. The van der Waals surface area contributed by atoms with Gasteiger partial charge in [-0.25, -0.2) is 4.57 Å². The minimum atomic E-state index is -4.37. The monoisotopic (exact) mass is 502 g/mol. The summed E-state index contributed by atoms with van der Waals surface area (Å²) in [5.74, 6) is -0.963. The van der Waals surface area contributed by atoms with E-state index < -0.39 is 62.9 Å². The Hall–Kier alpha value is -2.05. The molecule has 1 aromatic carbocycles. The Kier molecular flexibility index (Phi) is 9.05. The third-order valence-corrected chi connectivity index (χ3v) is 7.62. The SMILES string of the molecule is CCOC(=O)C1CCCN1P(=O)(Oc1ccccc1)O[C@H]1[C@H](O)[C@@H](NC(C)=O)[C@@H](O)O[C@@H]1CO. The molecule has 12 nitrogen and oxygen atoms in total. The number of amides is 1. The highest BCUT2D eigenvalue weighted by molar-refractivity contribution is 7.51. The highest BCUT2D eigenvalue weighted by Gasteiger charge is 2.53. The fourth-order valence-electron chi connectivity index (χ4n) is 4.03. The Morgan fingerprint density at radius 2 is 1.97 bits per heavy atom. The van der Waals surface area contributed by atoms with Crippen LogP contribution >= 0.6 is 7.75 Å². The second kappa shape index (κ2) is 11.6. The van der Waals surface area contributed by atoms with Crippen molar-refractivity contribution in [1.29, 1.82) is 0 Å². The van der Waals surface area contributed by atoms with Crippen molar-refractivity contribution < 1.29 is 48.0 Å². The van der Waals surface area contributed by atoms with Gasteiger partial charge in [0.2, 0.25) is 5.91 Å². The molecule has 7 atom stereocenters. The fourth-order valence-corrected chi connectivity index (χ4v) is 6.19. The van der Waals surface area contributed by atoms with Crippen LogP contribution in [0.4, 0.5) is 0 Å². The Bertz CT molecular complexity index is 888. The summed E-state index contributed by atoms with van der Waals surface area (Å²) in [4.78, 5) is 24.1. The zero-order valence-electron chi connectivity index (χ0n) is 19.0. The second-order valence-electron chi connectivity index (χ2n) is 7.98. The number of carbonyl (C=O) groups is 2. The van der Waals surface area contributed by atoms with Gasteiger partial charge >= 0.3 is 13.7 Å². The Labute approximate surface area is 197 Å². The van der Waals surface area contributed by atoms with Crippen LogP contribution in [0.25, 0.3) is 0 Å². The van der Waals surface area contributed by atoms with Gasteiger partial charge in [0.25, 0.3) is 0 Å². The van der Waals surface area contributed by atoms with Crippen LogP contribution in [0.2, 0.25) is 0 Å². The number of esters is 1. The fraction of sp³-hybridized carbons (Fsp3) is 0.619. The first-order valence-electron chi connectivity index (χ1n) is 11.1. The first-order chi connectivity index (χ1) is 16.2. The molecule has 0 spiro atoms. The van der Waals surface area contributed by atoms with E-state index in [1.165, 1.54) is 11.6 Å². The topological polar surface area (TPSA) is 164 Å². The molecule has 2 saturated heterocycles. The molecule has 190 valence electrons. The quantitative estimate of drug-likeness (QED) is 0.269. The molecule has 34 heavy (non-hydrogen) atoms. The number of nitrogens with zero attached hydrogens (tertiary/aromatic N) is 1. The molecule has 1 aromatic rings. The minimum absolute atomic E-state index is 0.131. The molecule has 13 heteroatoms. The molecule has 2 heterocycles. The number of carbonyl (C=O) groups excluding carboxylic acids is 2. The Balaban J connectivity index is 1.96. The second-order valence-corrected chi connectivity index (χ2v) is 9.82. The summed E-state index contributed by atoms with van der Waals surface area (Å²) < 4.78 is 37.6. The molecule has 0 aromatic heterocycles. The normalized spacial score (nSPS) is 31.4. The number of benzene rings is 1. The molecule has 4 N–H and O–H groups in total. The third-order valence-electron chi connectivity index (χ3n) is 5.56. The van der Waals surface area contributed by atoms with Crippen LogP contribution in [0, 0.1) is 0 Å². The highest BCUT2D eigenvalue weighted by Crippen LogP contribution is 2.57. The average Bonchev–Trinajstić information content (AvgIpc) is 3.30. The first-order valence-corrected chi connectivity index (χ1v) is 12.6. The van der Waals surface area contributed by atoms with Crippen molar-refractivity contribution >= 4 is 19.6 Å². The number of para-hydroxylation sites is 1. The van der Waals surface area contributed by atoms with E-state index in [9.17, 15) is 29.5 Å². The largest absolute Gasteiger partial charge is 0.465 e. The van der Waals surface area contributed by atoms with Gasteiger partial charge in [0, 0.05) is 13.5 Å². The van der Waals surface area contributed by atoms with E-state index in [2.05, 4.69) is 5.32 Å². The molecular formula is C21H31N2O10P. The van der Waals surface area contributed by atoms with Crippen molar-refractivity contribution in [2.75, 3.05) is 19.8 Å². The maximum atomic E-state index is 14.3. The number of ether oxygens (including phenoxy) is 2. The van der Waals surface area contributed by atoms with Gasteiger partial charge in [-0.1, -0.05) is 18.2 Å². The van der Waals surface area contributed by atoms with Crippen LogP contribution in [-0.4, -0.2) is 88.3 Å². The van der Waals surface area contributed by atoms with Crippen molar-refractivity contribution in [3.63, 3.8) is 0 Å². The lowest BCUT2D eigenvalue weighted by Gasteiger charge is -2.43. The molecule has 0 radical (unpaired) electrons. The summed E-state index contributed by atoms with van der Waals surface area (Å²) in [7, 11) is -4.37. The Morgan fingerprint density at radius 1 is 1.26 bits per heavy atom. The molecule has 2 aliphatic heterocycles. The van der Waals surface area contributed by atoms with Crippen molar-refractivity contribution in [3.8, 4) is 5.75 Å². The molecule has 2 unspecified atom stereocenters. The molecule has 0 saturated carbocycles. The molecule has 2 aliphatic rings. The van der Waals surface area contributed by atoms with Gasteiger partial charge in [-0.05, 0) is 31.9 Å². The molecule has 0 bridgehead atoms. The van der Waals surface area contributed by atoms with Gasteiger partial charge in [-0.3, -0.25) is 14.1 Å². The first kappa shape index (κ1) is 26.6. The van der Waals surface area contributed by atoms with Gasteiger partial charge in [0.15, 0.2) is 6.29 Å². The summed E-state index contributed by atoms with van der Waals surface area (Å²) in [6.45, 7) is 2.46. The van der Waals surface area contributed by atoms with Crippen molar-refractivity contribution in [1.82, 2.24) is 9.99 Å². The minimum Gasteiger partial charge on any atom is -0.465 e. The van der Waals surface area contributed by atoms with Crippen LogP contribution in [0.3, 0.4) is 0 Å². The van der Waals surface area contributed by atoms with E-state index in [-0.39, 0.29) is 18.9 Å². The number of hydrogen-bond acceptors (Lipinski definition) is 10. The standard InChI is InChI=1S/C21H31N2O10P/c1-3-30-20(27)15-10-7-11-23(15)34(29,32-14-8-5-4-6-9-14)33-19-16(12-24)31-21(28)17(18(19)26)22-13(2)25/h4-6,8-9,15-19,21,24,26,28H,3,7,10-12H2,1-2H3,(H,22,25)/t15?,16-,17-,18-,19-,21+,34?/m1/s1. The van der Waals surface area contributed by atoms with Crippen LogP contribution < -0.4 is 9.84 Å². The van der Waals surface area contributed by atoms with E-state index in [1.54, 1.807) is 37.3 Å². The smallest absolute Gasteiger partial charge is 0.462 e. The highest BCUT2D eigenvalue weighted by atomic mass is 31.2. The van der Waals surface area contributed by atoms with Gasteiger partial charge in [-0.2, -0.15) is 4.67 Å². The molecule has 3 rings (SSSR count). The van der Waals surface area contributed by atoms with E-state index >= 15 is 0 Å². The molecule has 1 amide bonds. The van der Waals surface area contributed by atoms with E-state index in [0.29, 0.717) is 12.8 Å². The lowest BCUT2D eigenvalue weighted by atomic mass is 9.97. The van der Waals surface area contributed by atoms with Gasteiger partial charge in [-0.15, -0.1) is 0 Å². The zero-order chi connectivity index (χ0) is 24.9. The van der Waals surface area contributed by atoms with Gasteiger partial charge < -0.3 is 34.6 Å². The van der Waals surface area contributed by atoms with Crippen LogP contribution in [-0.2, 0) is 28.2 Å². The molecular weight excluding hydrogens is 471 g/mol.